The van der Waals surface area contributed by atoms with E-state index in [9.17, 15) is 13.2 Å². The van der Waals surface area contributed by atoms with Gasteiger partial charge in [0.1, 0.15) is 4.90 Å². The summed E-state index contributed by atoms with van der Waals surface area (Å²) in [4.78, 5) is 11.8. The average molecular weight is 326 g/mol. The van der Waals surface area contributed by atoms with Crippen molar-refractivity contribution in [2.45, 2.75) is 11.4 Å². The van der Waals surface area contributed by atoms with E-state index in [1.54, 1.807) is 29.6 Å². The van der Waals surface area contributed by atoms with Gasteiger partial charge in [0.25, 0.3) is 0 Å². The molecule has 0 bridgehead atoms. The zero-order valence-corrected chi connectivity index (χ0v) is 12.8. The van der Waals surface area contributed by atoms with Gasteiger partial charge in [-0.15, -0.1) is 11.3 Å². The molecule has 6 nitrogen and oxygen atoms in total. The van der Waals surface area contributed by atoms with E-state index in [0.717, 1.165) is 4.88 Å². The quantitative estimate of drug-likeness (QED) is 0.754. The number of carboxylic acid groups (broad SMARTS) is 1. The fourth-order valence-corrected chi connectivity index (χ4v) is 3.43. The molecule has 0 aliphatic carbocycles. The Morgan fingerprint density at radius 2 is 2.05 bits per heavy atom. The highest BCUT2D eigenvalue weighted by molar-refractivity contribution is 7.89. The Balaban J connectivity index is 2.18. The van der Waals surface area contributed by atoms with Crippen molar-refractivity contribution in [2.24, 2.45) is 0 Å². The summed E-state index contributed by atoms with van der Waals surface area (Å²) in [7, 11) is -2.19. The summed E-state index contributed by atoms with van der Waals surface area (Å²) < 4.78 is 26.1. The number of carbonyl (C=O) groups is 1. The minimum atomic E-state index is -3.54. The van der Waals surface area contributed by atoms with Crippen LogP contribution in [0.25, 0.3) is 0 Å². The second-order valence-corrected chi connectivity index (χ2v) is 7.01. The maximum atomic E-state index is 11.9. The van der Waals surface area contributed by atoms with Crippen LogP contribution in [0.4, 0.5) is 5.69 Å². The molecule has 0 aliphatic heterocycles. The smallest absolute Gasteiger partial charge is 0.336 e. The molecule has 2 aromatic rings. The maximum Gasteiger partial charge on any atom is 0.336 e. The van der Waals surface area contributed by atoms with Crippen molar-refractivity contribution >= 4 is 33.0 Å². The summed E-state index contributed by atoms with van der Waals surface area (Å²) in [6.07, 6.45) is 0. The number of para-hydroxylation sites is 1. The molecule has 0 radical (unpaired) electrons. The first-order valence-corrected chi connectivity index (χ1v) is 8.37. The third kappa shape index (κ3) is 3.60. The van der Waals surface area contributed by atoms with Gasteiger partial charge < -0.3 is 10.4 Å². The number of sulfonamides is 1. The second-order valence-electron chi connectivity index (χ2n) is 4.16. The van der Waals surface area contributed by atoms with Crippen LogP contribution < -0.4 is 10.0 Å². The Morgan fingerprint density at radius 3 is 2.67 bits per heavy atom. The van der Waals surface area contributed by atoms with Crippen LogP contribution in [0.2, 0.25) is 0 Å². The van der Waals surface area contributed by atoms with Gasteiger partial charge in [0.2, 0.25) is 10.0 Å². The summed E-state index contributed by atoms with van der Waals surface area (Å²) in [6, 6.07) is 8.10. The number of rotatable bonds is 6. The Bertz CT molecular complexity index is 753. The van der Waals surface area contributed by atoms with Gasteiger partial charge in [0.15, 0.2) is 0 Å². The highest BCUT2D eigenvalue weighted by Crippen LogP contribution is 2.22. The number of thiophene rings is 1. The standard InChI is InChI=1S/C13H14N2O4S2/c1-14-21(18,19)12-5-3-2-4-11(12)15-7-10-6-9(8-20-10)13(16)17/h2-6,8,14-15H,7H2,1H3,(H,16,17). The minimum absolute atomic E-state index is 0.155. The van der Waals surface area contributed by atoms with E-state index >= 15 is 0 Å². The van der Waals surface area contributed by atoms with Gasteiger partial charge in [-0.3, -0.25) is 0 Å². The number of carboxylic acids is 1. The van der Waals surface area contributed by atoms with Crippen LogP contribution in [0.3, 0.4) is 0 Å². The van der Waals surface area contributed by atoms with Crippen molar-refractivity contribution in [3.63, 3.8) is 0 Å². The highest BCUT2D eigenvalue weighted by atomic mass is 32.2. The molecule has 0 aliphatic rings. The number of hydrogen-bond donors (Lipinski definition) is 3. The van der Waals surface area contributed by atoms with Gasteiger partial charge >= 0.3 is 5.97 Å². The lowest BCUT2D eigenvalue weighted by molar-refractivity contribution is 0.0697. The lowest BCUT2D eigenvalue weighted by atomic mass is 10.3. The number of aromatic carboxylic acids is 1. The Hall–Kier alpha value is -1.90. The van der Waals surface area contributed by atoms with E-state index in [1.807, 2.05) is 0 Å². The number of benzene rings is 1. The molecule has 3 N–H and O–H groups in total. The molecule has 112 valence electrons. The lowest BCUT2D eigenvalue weighted by Crippen LogP contribution is -2.20. The maximum absolute atomic E-state index is 11.9. The minimum Gasteiger partial charge on any atom is -0.478 e. The summed E-state index contributed by atoms with van der Waals surface area (Å²) >= 11 is 1.31. The second kappa shape index (κ2) is 6.25. The molecule has 0 saturated carbocycles. The van der Waals surface area contributed by atoms with Crippen LogP contribution in [0.5, 0.6) is 0 Å². The summed E-state index contributed by atoms with van der Waals surface area (Å²) in [5.74, 6) is -0.976. The van der Waals surface area contributed by atoms with Crippen molar-refractivity contribution in [3.8, 4) is 0 Å². The Kier molecular flexibility index (Phi) is 4.61. The lowest BCUT2D eigenvalue weighted by Gasteiger charge is -2.11. The molecule has 1 aromatic carbocycles. The van der Waals surface area contributed by atoms with Gasteiger partial charge in [-0.1, -0.05) is 12.1 Å². The number of nitrogens with one attached hydrogen (secondary N) is 2. The molecule has 0 saturated heterocycles. The first-order chi connectivity index (χ1) is 9.94. The van der Waals surface area contributed by atoms with Gasteiger partial charge in [0.05, 0.1) is 11.3 Å². The molecule has 0 spiro atoms. The largest absolute Gasteiger partial charge is 0.478 e. The first-order valence-electron chi connectivity index (χ1n) is 6.01. The normalized spacial score (nSPS) is 11.3. The summed E-state index contributed by atoms with van der Waals surface area (Å²) in [5.41, 5.74) is 0.699. The van der Waals surface area contributed by atoms with E-state index in [2.05, 4.69) is 10.0 Å². The molecule has 8 heteroatoms. The van der Waals surface area contributed by atoms with Gasteiger partial charge in [-0.2, -0.15) is 0 Å². The van der Waals surface area contributed by atoms with Crippen LogP contribution in [0.15, 0.2) is 40.6 Å². The zero-order chi connectivity index (χ0) is 15.5. The molecule has 1 heterocycles. The molecule has 1 aromatic heterocycles. The molecule has 21 heavy (non-hydrogen) atoms. The molecule has 0 atom stereocenters. The van der Waals surface area contributed by atoms with E-state index in [1.165, 1.54) is 24.5 Å². The van der Waals surface area contributed by atoms with E-state index in [4.69, 9.17) is 5.11 Å². The molecule has 0 amide bonds. The van der Waals surface area contributed by atoms with Gasteiger partial charge in [0, 0.05) is 16.8 Å². The topological polar surface area (TPSA) is 95.5 Å². The zero-order valence-electron chi connectivity index (χ0n) is 11.2. The third-order valence-corrected chi connectivity index (χ3v) is 5.21. The Morgan fingerprint density at radius 1 is 1.33 bits per heavy atom. The molecule has 2 rings (SSSR count). The van der Waals surface area contributed by atoms with Crippen molar-refractivity contribution in [1.82, 2.24) is 4.72 Å². The van der Waals surface area contributed by atoms with Crippen molar-refractivity contribution in [2.75, 3.05) is 12.4 Å². The van der Waals surface area contributed by atoms with Crippen molar-refractivity contribution in [3.05, 3.63) is 46.2 Å². The van der Waals surface area contributed by atoms with E-state index in [0.29, 0.717) is 12.2 Å². The summed E-state index contributed by atoms with van der Waals surface area (Å²) in [6.45, 7) is 0.355. The fraction of sp³-hybridized carbons (Fsp3) is 0.154. The van der Waals surface area contributed by atoms with E-state index in [-0.39, 0.29) is 10.5 Å². The van der Waals surface area contributed by atoms with Crippen molar-refractivity contribution in [1.29, 1.82) is 0 Å². The average Bonchev–Trinajstić information content (AvgIpc) is 2.94. The molecule has 0 fully saturated rings. The van der Waals surface area contributed by atoms with Crippen LogP contribution in [0.1, 0.15) is 15.2 Å². The Labute approximate surface area is 126 Å². The predicted molar refractivity (Wildman–Crippen MR) is 81.3 cm³/mol. The number of anilines is 1. The predicted octanol–water partition coefficient (Wildman–Crippen LogP) is 1.97. The highest BCUT2D eigenvalue weighted by Gasteiger charge is 2.16. The van der Waals surface area contributed by atoms with Crippen LogP contribution in [0, 0.1) is 0 Å². The first kappa shape index (κ1) is 15.5. The third-order valence-electron chi connectivity index (χ3n) is 2.80. The molecule has 0 unspecified atom stereocenters. The monoisotopic (exact) mass is 326 g/mol. The van der Waals surface area contributed by atoms with Crippen LogP contribution in [-0.2, 0) is 16.6 Å². The SMILES string of the molecule is CNS(=O)(=O)c1ccccc1NCc1cc(C(=O)O)cs1. The van der Waals surface area contributed by atoms with Gasteiger partial charge in [-0.25, -0.2) is 17.9 Å². The fourth-order valence-electron chi connectivity index (χ4n) is 1.72. The molecular formula is C13H14N2O4S2. The van der Waals surface area contributed by atoms with Crippen LogP contribution in [-0.4, -0.2) is 26.5 Å². The van der Waals surface area contributed by atoms with Crippen molar-refractivity contribution < 1.29 is 18.3 Å². The van der Waals surface area contributed by atoms with Gasteiger partial charge in [-0.05, 0) is 25.2 Å². The summed E-state index contributed by atoms with van der Waals surface area (Å²) in [5, 5.41) is 13.4. The van der Waals surface area contributed by atoms with E-state index < -0.39 is 16.0 Å². The molecular weight excluding hydrogens is 312 g/mol. The number of hydrogen-bond acceptors (Lipinski definition) is 5. The van der Waals surface area contributed by atoms with Crippen LogP contribution >= 0.6 is 11.3 Å².